The Morgan fingerprint density at radius 2 is 2.03 bits per heavy atom. The van der Waals surface area contributed by atoms with E-state index in [-0.39, 0.29) is 40.4 Å². The first-order valence-electron chi connectivity index (χ1n) is 9.40. The number of nitrogens with zero attached hydrogens (tertiary/aromatic N) is 4. The number of benzene rings is 1. The minimum atomic E-state index is -1.18. The van der Waals surface area contributed by atoms with Gasteiger partial charge in [-0.1, -0.05) is 17.7 Å². The maximum Gasteiger partial charge on any atom is 0.312 e. The van der Waals surface area contributed by atoms with E-state index in [1.807, 2.05) is 0 Å². The van der Waals surface area contributed by atoms with Crippen molar-refractivity contribution in [2.75, 3.05) is 13.6 Å². The van der Waals surface area contributed by atoms with E-state index in [4.69, 9.17) is 11.6 Å². The number of carboxylic acids is 1. The van der Waals surface area contributed by atoms with Crippen LogP contribution in [-0.4, -0.2) is 54.9 Å². The normalized spacial score (nSPS) is 14.7. The van der Waals surface area contributed by atoms with Crippen molar-refractivity contribution in [2.24, 2.45) is 0 Å². The molecule has 1 atom stereocenters. The van der Waals surface area contributed by atoms with E-state index in [9.17, 15) is 29.0 Å². The van der Waals surface area contributed by atoms with Crippen LogP contribution in [0.15, 0.2) is 23.0 Å². The molecule has 4 rings (SSSR count). The molecule has 0 spiro atoms. The summed E-state index contributed by atoms with van der Waals surface area (Å²) in [7, 11) is 1.57. The quantitative estimate of drug-likeness (QED) is 0.630. The Bertz CT molecular complexity index is 1320. The number of carbonyl (C=O) groups is 2. The number of aromatic hydroxyl groups is 1. The van der Waals surface area contributed by atoms with Crippen molar-refractivity contribution in [1.82, 2.24) is 19.2 Å². The topological polar surface area (TPSA) is 118 Å². The number of hydrogen-bond donors (Lipinski definition) is 2. The summed E-state index contributed by atoms with van der Waals surface area (Å²) in [5.74, 6) is -3.92. The third-order valence-corrected chi connectivity index (χ3v) is 5.75. The van der Waals surface area contributed by atoms with Crippen LogP contribution in [0.25, 0.3) is 10.9 Å². The molecule has 1 aliphatic heterocycles. The van der Waals surface area contributed by atoms with Gasteiger partial charge in [-0.2, -0.15) is 5.10 Å². The Balaban J connectivity index is 2.01. The summed E-state index contributed by atoms with van der Waals surface area (Å²) in [6.07, 6.45) is 0. The molecule has 162 valence electrons. The Morgan fingerprint density at radius 3 is 2.68 bits per heavy atom. The largest absolute Gasteiger partial charge is 0.505 e. The lowest BCUT2D eigenvalue weighted by Gasteiger charge is -2.25. The summed E-state index contributed by atoms with van der Waals surface area (Å²) >= 11 is 5.82. The molecule has 1 aliphatic rings. The Morgan fingerprint density at radius 1 is 1.32 bits per heavy atom. The number of halogens is 2. The second kappa shape index (κ2) is 7.38. The van der Waals surface area contributed by atoms with Crippen molar-refractivity contribution in [1.29, 1.82) is 0 Å². The van der Waals surface area contributed by atoms with Crippen molar-refractivity contribution in [3.63, 3.8) is 0 Å². The highest BCUT2D eigenvalue weighted by molar-refractivity contribution is 6.30. The minimum Gasteiger partial charge on any atom is -0.505 e. The van der Waals surface area contributed by atoms with E-state index in [0.29, 0.717) is 12.1 Å². The standard InChI is InChI=1S/C20H18ClFN4O5/c1-9(20(30)31)14-15-13(17(27)16-19(29)24(2)5-6-25(15)16)18(28)26(23-14)8-10-3-4-12(22)11(21)7-10/h3-4,7,9,27H,5-6,8H2,1-2H3,(H,30,31). The van der Waals surface area contributed by atoms with Gasteiger partial charge in [-0.15, -0.1) is 0 Å². The number of aliphatic carboxylic acids is 1. The molecule has 1 amide bonds. The fourth-order valence-corrected chi connectivity index (χ4v) is 3.93. The number of aromatic nitrogens is 3. The molecule has 2 N–H and O–H groups in total. The molecule has 0 saturated carbocycles. The molecule has 2 aromatic heterocycles. The van der Waals surface area contributed by atoms with Crippen molar-refractivity contribution < 1.29 is 24.2 Å². The summed E-state index contributed by atoms with van der Waals surface area (Å²) in [5.41, 5.74) is -0.166. The molecule has 0 saturated heterocycles. The van der Waals surface area contributed by atoms with Gasteiger partial charge in [-0.05, 0) is 24.6 Å². The smallest absolute Gasteiger partial charge is 0.312 e. The molecule has 1 aromatic carbocycles. The van der Waals surface area contributed by atoms with Crippen LogP contribution in [0.5, 0.6) is 5.75 Å². The minimum absolute atomic E-state index is 0.0363. The SMILES string of the molecule is CC(C(=O)O)c1nn(Cc2ccc(F)c(Cl)c2)c(=O)c2c(O)c3n(c12)CCN(C)C3=O. The molecular weight excluding hydrogens is 431 g/mol. The lowest BCUT2D eigenvalue weighted by atomic mass is 10.1. The summed E-state index contributed by atoms with van der Waals surface area (Å²) in [6.45, 7) is 1.86. The van der Waals surface area contributed by atoms with Gasteiger partial charge in [-0.25, -0.2) is 9.07 Å². The number of likely N-dealkylation sites (N-methyl/N-ethyl adjacent to an activating group) is 1. The first-order valence-corrected chi connectivity index (χ1v) is 9.78. The van der Waals surface area contributed by atoms with Crippen LogP contribution in [0.1, 0.15) is 34.6 Å². The fraction of sp³-hybridized carbons (Fsp3) is 0.300. The summed E-state index contributed by atoms with van der Waals surface area (Å²) in [5, 5.41) is 24.3. The van der Waals surface area contributed by atoms with Crippen LogP contribution in [0.2, 0.25) is 5.02 Å². The van der Waals surface area contributed by atoms with E-state index in [0.717, 1.165) is 10.7 Å². The van der Waals surface area contributed by atoms with Gasteiger partial charge in [0.1, 0.15) is 11.2 Å². The fourth-order valence-electron chi connectivity index (χ4n) is 3.73. The zero-order chi connectivity index (χ0) is 22.6. The Hall–Kier alpha value is -3.40. The van der Waals surface area contributed by atoms with Crippen LogP contribution in [-0.2, 0) is 17.9 Å². The van der Waals surface area contributed by atoms with Crippen molar-refractivity contribution in [3.8, 4) is 5.75 Å². The highest BCUT2D eigenvalue weighted by Crippen LogP contribution is 2.36. The maximum absolute atomic E-state index is 13.5. The number of carbonyl (C=O) groups excluding carboxylic acids is 1. The third-order valence-electron chi connectivity index (χ3n) is 5.46. The maximum atomic E-state index is 13.5. The molecule has 1 unspecified atom stereocenters. The van der Waals surface area contributed by atoms with E-state index >= 15 is 0 Å². The molecule has 31 heavy (non-hydrogen) atoms. The van der Waals surface area contributed by atoms with Crippen LogP contribution < -0.4 is 5.56 Å². The van der Waals surface area contributed by atoms with Crippen LogP contribution in [0.3, 0.4) is 0 Å². The van der Waals surface area contributed by atoms with Crippen molar-refractivity contribution in [3.05, 3.63) is 56.3 Å². The zero-order valence-corrected chi connectivity index (χ0v) is 17.4. The number of carboxylic acid groups (broad SMARTS) is 1. The molecule has 0 fully saturated rings. The molecule has 3 heterocycles. The van der Waals surface area contributed by atoms with E-state index < -0.39 is 34.9 Å². The summed E-state index contributed by atoms with van der Waals surface area (Å²) in [4.78, 5) is 39.0. The molecule has 11 heteroatoms. The highest BCUT2D eigenvalue weighted by Gasteiger charge is 2.34. The Kier molecular flexibility index (Phi) is 4.97. The average molecular weight is 449 g/mol. The second-order valence-electron chi connectivity index (χ2n) is 7.46. The predicted octanol–water partition coefficient (Wildman–Crippen LogP) is 2.02. The third kappa shape index (κ3) is 3.23. The molecule has 3 aromatic rings. The average Bonchev–Trinajstić information content (AvgIpc) is 3.02. The van der Waals surface area contributed by atoms with Crippen LogP contribution >= 0.6 is 11.6 Å². The molecule has 0 aliphatic carbocycles. The molecule has 0 bridgehead atoms. The Labute approximate surface area is 179 Å². The lowest BCUT2D eigenvalue weighted by molar-refractivity contribution is -0.138. The van der Waals surface area contributed by atoms with Gasteiger partial charge in [0.15, 0.2) is 11.4 Å². The first kappa shape index (κ1) is 20.9. The van der Waals surface area contributed by atoms with Gasteiger partial charge in [0.2, 0.25) is 0 Å². The summed E-state index contributed by atoms with van der Waals surface area (Å²) < 4.78 is 15.9. The van der Waals surface area contributed by atoms with E-state index in [1.54, 1.807) is 7.05 Å². The van der Waals surface area contributed by atoms with Gasteiger partial charge in [0.25, 0.3) is 11.5 Å². The van der Waals surface area contributed by atoms with E-state index in [1.165, 1.54) is 28.5 Å². The van der Waals surface area contributed by atoms with Gasteiger partial charge in [0.05, 0.1) is 28.7 Å². The second-order valence-corrected chi connectivity index (χ2v) is 7.86. The highest BCUT2D eigenvalue weighted by atomic mass is 35.5. The van der Waals surface area contributed by atoms with Crippen LogP contribution in [0, 0.1) is 5.82 Å². The number of hydrogen-bond acceptors (Lipinski definition) is 5. The van der Waals surface area contributed by atoms with E-state index in [2.05, 4.69) is 5.10 Å². The monoisotopic (exact) mass is 448 g/mol. The number of fused-ring (bicyclic) bond motifs is 3. The molecule has 9 nitrogen and oxygen atoms in total. The van der Waals surface area contributed by atoms with Gasteiger partial charge in [-0.3, -0.25) is 14.4 Å². The lowest BCUT2D eigenvalue weighted by Crippen LogP contribution is -2.37. The number of amides is 1. The zero-order valence-electron chi connectivity index (χ0n) is 16.6. The van der Waals surface area contributed by atoms with Gasteiger partial charge >= 0.3 is 5.97 Å². The van der Waals surface area contributed by atoms with Crippen molar-refractivity contribution in [2.45, 2.75) is 25.9 Å². The van der Waals surface area contributed by atoms with Crippen LogP contribution in [0.4, 0.5) is 4.39 Å². The van der Waals surface area contributed by atoms with Crippen molar-refractivity contribution >= 4 is 34.4 Å². The first-order chi connectivity index (χ1) is 14.6. The molecule has 0 radical (unpaired) electrons. The van der Waals surface area contributed by atoms with Gasteiger partial charge in [0, 0.05) is 20.1 Å². The number of rotatable bonds is 4. The molecular formula is C20H18ClFN4O5. The summed E-state index contributed by atoms with van der Waals surface area (Å²) in [6, 6.07) is 3.90. The predicted molar refractivity (Wildman–Crippen MR) is 109 cm³/mol. The van der Waals surface area contributed by atoms with Gasteiger partial charge < -0.3 is 19.7 Å².